The average molecular weight is 237 g/mol. The zero-order valence-corrected chi connectivity index (χ0v) is 10.0. The predicted octanol–water partition coefficient (Wildman–Crippen LogP) is 2.60. The first-order chi connectivity index (χ1) is 7.72. The number of rotatable bonds is 4. The van der Waals surface area contributed by atoms with Gasteiger partial charge in [-0.2, -0.15) is 0 Å². The van der Waals surface area contributed by atoms with Crippen LogP contribution in [0.25, 0.3) is 0 Å². The zero-order valence-electron chi connectivity index (χ0n) is 9.27. The van der Waals surface area contributed by atoms with Gasteiger partial charge in [0.2, 0.25) is 0 Å². The second kappa shape index (κ2) is 5.00. The zero-order chi connectivity index (χ0) is 11.5. The van der Waals surface area contributed by atoms with E-state index in [1.54, 1.807) is 0 Å². The molecular weight excluding hydrogens is 220 g/mol. The van der Waals surface area contributed by atoms with Gasteiger partial charge in [0.1, 0.15) is 0 Å². The molecule has 0 radical (unpaired) electrons. The van der Waals surface area contributed by atoms with Gasteiger partial charge in [0, 0.05) is 30.2 Å². The van der Waals surface area contributed by atoms with Crippen molar-refractivity contribution >= 4 is 11.6 Å². The number of nitrogens with zero attached hydrogens (tertiary/aromatic N) is 1. The van der Waals surface area contributed by atoms with E-state index in [1.807, 2.05) is 30.3 Å². The summed E-state index contributed by atoms with van der Waals surface area (Å²) in [5.41, 5.74) is 7.37. The predicted molar refractivity (Wildman–Crippen MR) is 68.6 cm³/mol. The van der Waals surface area contributed by atoms with Crippen LogP contribution in [0.1, 0.15) is 18.0 Å². The third-order valence-corrected chi connectivity index (χ3v) is 3.43. The minimum absolute atomic E-state index is 0.0485. The van der Waals surface area contributed by atoms with Crippen molar-refractivity contribution in [3.63, 3.8) is 0 Å². The molecule has 0 aliphatic carbocycles. The van der Waals surface area contributed by atoms with Crippen LogP contribution in [0.15, 0.2) is 36.9 Å². The second-order valence-corrected chi connectivity index (χ2v) is 4.66. The fourth-order valence-corrected chi connectivity index (χ4v) is 2.39. The number of nitrogens with two attached hydrogens (primary N) is 1. The van der Waals surface area contributed by atoms with Crippen molar-refractivity contribution in [1.29, 1.82) is 0 Å². The SMILES string of the molecule is C=CCN1CC[C@H]1[C@@H](N)c1cccc(Cl)c1. The topological polar surface area (TPSA) is 29.3 Å². The molecule has 0 bridgehead atoms. The molecule has 1 aliphatic heterocycles. The van der Waals surface area contributed by atoms with Crippen molar-refractivity contribution in [3.8, 4) is 0 Å². The van der Waals surface area contributed by atoms with Gasteiger partial charge in [-0.15, -0.1) is 6.58 Å². The Hall–Kier alpha value is -0.830. The fraction of sp³-hybridized carbons (Fsp3) is 0.385. The van der Waals surface area contributed by atoms with Crippen molar-refractivity contribution in [1.82, 2.24) is 4.90 Å². The lowest BCUT2D eigenvalue weighted by Crippen LogP contribution is -2.52. The third-order valence-electron chi connectivity index (χ3n) is 3.19. The number of halogens is 1. The molecule has 1 aromatic carbocycles. The van der Waals surface area contributed by atoms with Crippen LogP contribution in [0, 0.1) is 0 Å². The molecule has 2 atom stereocenters. The van der Waals surface area contributed by atoms with Gasteiger partial charge in [-0.1, -0.05) is 29.8 Å². The Morgan fingerprint density at radius 2 is 2.44 bits per heavy atom. The summed E-state index contributed by atoms with van der Waals surface area (Å²) >= 11 is 5.97. The Morgan fingerprint density at radius 1 is 1.62 bits per heavy atom. The van der Waals surface area contributed by atoms with Crippen molar-refractivity contribution in [2.45, 2.75) is 18.5 Å². The van der Waals surface area contributed by atoms with Crippen molar-refractivity contribution in [2.24, 2.45) is 5.73 Å². The summed E-state index contributed by atoms with van der Waals surface area (Å²) in [6.45, 7) is 5.79. The molecule has 1 aliphatic rings. The van der Waals surface area contributed by atoms with Crippen molar-refractivity contribution < 1.29 is 0 Å². The molecule has 0 aromatic heterocycles. The highest BCUT2D eigenvalue weighted by atomic mass is 35.5. The first-order valence-electron chi connectivity index (χ1n) is 5.58. The first kappa shape index (κ1) is 11.6. The maximum atomic E-state index is 6.26. The van der Waals surface area contributed by atoms with Crippen LogP contribution >= 0.6 is 11.6 Å². The molecule has 16 heavy (non-hydrogen) atoms. The van der Waals surface area contributed by atoms with Crippen molar-refractivity contribution in [3.05, 3.63) is 47.5 Å². The molecule has 3 heteroatoms. The van der Waals surface area contributed by atoms with Gasteiger partial charge in [0.25, 0.3) is 0 Å². The van der Waals surface area contributed by atoms with E-state index in [4.69, 9.17) is 17.3 Å². The van der Waals surface area contributed by atoms with Gasteiger partial charge in [0.05, 0.1) is 0 Å². The maximum absolute atomic E-state index is 6.26. The number of likely N-dealkylation sites (tertiary alicyclic amines) is 1. The quantitative estimate of drug-likeness (QED) is 0.815. The molecule has 2 nitrogen and oxygen atoms in total. The van der Waals surface area contributed by atoms with Crippen LogP contribution in [-0.2, 0) is 0 Å². The molecule has 1 heterocycles. The summed E-state index contributed by atoms with van der Waals surface area (Å²) in [6, 6.07) is 8.30. The van der Waals surface area contributed by atoms with E-state index < -0.39 is 0 Å². The largest absolute Gasteiger partial charge is 0.323 e. The van der Waals surface area contributed by atoms with E-state index in [1.165, 1.54) is 0 Å². The molecule has 2 N–H and O–H groups in total. The molecule has 86 valence electrons. The van der Waals surface area contributed by atoms with Crippen LogP contribution in [-0.4, -0.2) is 24.0 Å². The standard InChI is InChI=1S/C13H17ClN2/c1-2-7-16-8-6-12(16)13(15)10-4-3-5-11(14)9-10/h2-5,9,12-13H,1,6-8,15H2/t12-,13-/m0/s1. The minimum Gasteiger partial charge on any atom is -0.323 e. The molecule has 0 amide bonds. The number of benzene rings is 1. The summed E-state index contributed by atoms with van der Waals surface area (Å²) in [5, 5.41) is 0.752. The van der Waals surface area contributed by atoms with E-state index >= 15 is 0 Å². The van der Waals surface area contributed by atoms with Crippen LogP contribution in [0.4, 0.5) is 0 Å². The highest BCUT2D eigenvalue weighted by Gasteiger charge is 2.32. The van der Waals surface area contributed by atoms with Gasteiger partial charge >= 0.3 is 0 Å². The van der Waals surface area contributed by atoms with Crippen LogP contribution < -0.4 is 5.73 Å². The molecule has 1 fully saturated rings. The lowest BCUT2D eigenvalue weighted by atomic mass is 9.90. The highest BCUT2D eigenvalue weighted by molar-refractivity contribution is 6.30. The van der Waals surface area contributed by atoms with Gasteiger partial charge < -0.3 is 5.73 Å². The third kappa shape index (κ3) is 2.29. The Kier molecular flexibility index (Phi) is 3.64. The summed E-state index contributed by atoms with van der Waals surface area (Å²) in [5.74, 6) is 0. The molecule has 0 spiro atoms. The normalized spacial score (nSPS) is 22.5. The molecule has 2 rings (SSSR count). The van der Waals surface area contributed by atoms with Gasteiger partial charge in [0.15, 0.2) is 0 Å². The lowest BCUT2D eigenvalue weighted by Gasteiger charge is -2.43. The molecule has 1 aromatic rings. The molecule has 0 unspecified atom stereocenters. The Morgan fingerprint density at radius 3 is 3.00 bits per heavy atom. The summed E-state index contributed by atoms with van der Waals surface area (Å²) in [6.07, 6.45) is 3.08. The molecular formula is C13H17ClN2. The molecule has 0 saturated carbocycles. The van der Waals surface area contributed by atoms with Crippen LogP contribution in [0.3, 0.4) is 0 Å². The average Bonchev–Trinajstić information content (AvgIpc) is 2.24. The lowest BCUT2D eigenvalue weighted by molar-refractivity contribution is 0.0843. The highest BCUT2D eigenvalue weighted by Crippen LogP contribution is 2.29. The Bertz CT molecular complexity index is 378. The Balaban J connectivity index is 2.07. The van der Waals surface area contributed by atoms with E-state index in [-0.39, 0.29) is 6.04 Å². The van der Waals surface area contributed by atoms with E-state index in [0.29, 0.717) is 6.04 Å². The summed E-state index contributed by atoms with van der Waals surface area (Å²) in [7, 11) is 0. The minimum atomic E-state index is 0.0485. The summed E-state index contributed by atoms with van der Waals surface area (Å²) < 4.78 is 0. The van der Waals surface area contributed by atoms with E-state index in [2.05, 4.69) is 11.5 Å². The molecule has 1 saturated heterocycles. The van der Waals surface area contributed by atoms with Crippen LogP contribution in [0.5, 0.6) is 0 Å². The van der Waals surface area contributed by atoms with Crippen molar-refractivity contribution in [2.75, 3.05) is 13.1 Å². The number of hydrogen-bond acceptors (Lipinski definition) is 2. The van der Waals surface area contributed by atoms with E-state index in [9.17, 15) is 0 Å². The van der Waals surface area contributed by atoms with Gasteiger partial charge in [-0.25, -0.2) is 0 Å². The smallest absolute Gasteiger partial charge is 0.0454 e. The number of hydrogen-bond donors (Lipinski definition) is 1. The van der Waals surface area contributed by atoms with Crippen LogP contribution in [0.2, 0.25) is 5.02 Å². The fourth-order valence-electron chi connectivity index (χ4n) is 2.20. The monoisotopic (exact) mass is 236 g/mol. The Labute approximate surface area is 102 Å². The second-order valence-electron chi connectivity index (χ2n) is 4.22. The first-order valence-corrected chi connectivity index (χ1v) is 5.96. The van der Waals surface area contributed by atoms with Gasteiger partial charge in [-0.05, 0) is 24.1 Å². The summed E-state index contributed by atoms with van der Waals surface area (Å²) in [4.78, 5) is 2.35. The van der Waals surface area contributed by atoms with Gasteiger partial charge in [-0.3, -0.25) is 4.90 Å². The van der Waals surface area contributed by atoms with E-state index in [0.717, 1.165) is 30.1 Å². The maximum Gasteiger partial charge on any atom is 0.0454 e.